The van der Waals surface area contributed by atoms with Crippen LogP contribution in [0.25, 0.3) is 0 Å². The van der Waals surface area contributed by atoms with Gasteiger partial charge in [-0.1, -0.05) is 34.1 Å². The van der Waals surface area contributed by atoms with E-state index in [0.717, 1.165) is 44.8 Å². The molecule has 1 saturated carbocycles. The second-order valence-corrected chi connectivity index (χ2v) is 7.35. The summed E-state index contributed by atoms with van der Waals surface area (Å²) in [7, 11) is 3.50. The number of aliphatic imine (C=N–C) groups is 1. The van der Waals surface area contributed by atoms with Crippen molar-refractivity contribution in [1.82, 2.24) is 15.5 Å². The van der Waals surface area contributed by atoms with Crippen molar-refractivity contribution in [2.75, 3.05) is 33.8 Å². The van der Waals surface area contributed by atoms with Crippen LogP contribution in [0.15, 0.2) is 4.99 Å². The molecule has 1 amide bonds. The van der Waals surface area contributed by atoms with Gasteiger partial charge in [-0.15, -0.1) is 0 Å². The van der Waals surface area contributed by atoms with Gasteiger partial charge in [0, 0.05) is 38.7 Å². The molecule has 0 aromatic carbocycles. The van der Waals surface area contributed by atoms with E-state index in [4.69, 9.17) is 4.74 Å². The number of amides is 1. The summed E-state index contributed by atoms with van der Waals surface area (Å²) >= 11 is 0. The first-order valence-corrected chi connectivity index (χ1v) is 9.19. The van der Waals surface area contributed by atoms with E-state index in [-0.39, 0.29) is 24.0 Å². The van der Waals surface area contributed by atoms with Crippen LogP contribution in [0.4, 0.5) is 0 Å². The van der Waals surface area contributed by atoms with Crippen LogP contribution in [-0.4, -0.2) is 62.7 Å². The van der Waals surface area contributed by atoms with E-state index in [0.29, 0.717) is 6.04 Å². The first kappa shape index (κ1) is 20.7. The van der Waals surface area contributed by atoms with Crippen molar-refractivity contribution in [2.24, 2.45) is 10.4 Å². The predicted molar refractivity (Wildman–Crippen MR) is 99.3 cm³/mol. The number of nitrogens with one attached hydrogen (secondary N) is 2. The minimum Gasteiger partial charge on any atom is -0.378 e. The molecular weight excluding hydrogens is 304 g/mol. The number of carbonyl (C=O) groups excluding carboxylic acids is 1. The van der Waals surface area contributed by atoms with Gasteiger partial charge in [0.05, 0.1) is 6.10 Å². The monoisotopic (exact) mass is 340 g/mol. The average molecular weight is 341 g/mol. The molecule has 0 aliphatic heterocycles. The van der Waals surface area contributed by atoms with Crippen LogP contribution in [0.2, 0.25) is 0 Å². The van der Waals surface area contributed by atoms with Gasteiger partial charge in [-0.05, 0) is 19.3 Å². The summed E-state index contributed by atoms with van der Waals surface area (Å²) in [5.41, 5.74) is 0.0635. The van der Waals surface area contributed by atoms with Crippen molar-refractivity contribution >= 4 is 11.9 Å². The molecule has 0 radical (unpaired) electrons. The maximum Gasteiger partial charge on any atom is 0.243 e. The average Bonchev–Trinajstić information content (AvgIpc) is 2.54. The van der Waals surface area contributed by atoms with Crippen LogP contribution in [0.3, 0.4) is 0 Å². The summed E-state index contributed by atoms with van der Waals surface area (Å²) in [4.78, 5) is 17.8. The number of likely N-dealkylation sites (N-methyl/N-ethyl adjacent to an activating group) is 1. The molecule has 2 atom stereocenters. The minimum atomic E-state index is 0.00115. The van der Waals surface area contributed by atoms with Gasteiger partial charge in [-0.25, -0.2) is 4.99 Å². The van der Waals surface area contributed by atoms with Gasteiger partial charge in [0.25, 0.3) is 0 Å². The van der Waals surface area contributed by atoms with Gasteiger partial charge in [0.15, 0.2) is 5.96 Å². The van der Waals surface area contributed by atoms with Crippen molar-refractivity contribution in [3.63, 3.8) is 0 Å². The third-order valence-corrected chi connectivity index (χ3v) is 4.72. The molecule has 140 valence electrons. The SMILES string of the molecule is CCCCOC1CC(NC(=NCC(=O)N(C)C)NCCC)C1(C)C. The molecule has 0 aromatic rings. The van der Waals surface area contributed by atoms with Crippen LogP contribution in [0.5, 0.6) is 0 Å². The van der Waals surface area contributed by atoms with Gasteiger partial charge >= 0.3 is 0 Å². The van der Waals surface area contributed by atoms with Gasteiger partial charge in [-0.3, -0.25) is 4.79 Å². The predicted octanol–water partition coefficient (Wildman–Crippen LogP) is 2.00. The first-order chi connectivity index (χ1) is 11.3. The Morgan fingerprint density at radius 1 is 1.29 bits per heavy atom. The minimum absolute atomic E-state index is 0.00115. The molecule has 0 heterocycles. The fourth-order valence-electron chi connectivity index (χ4n) is 2.63. The molecule has 0 aromatic heterocycles. The molecule has 1 aliphatic rings. The number of ether oxygens (including phenoxy) is 1. The quantitative estimate of drug-likeness (QED) is 0.383. The van der Waals surface area contributed by atoms with Crippen LogP contribution >= 0.6 is 0 Å². The molecule has 24 heavy (non-hydrogen) atoms. The van der Waals surface area contributed by atoms with Gasteiger partial charge in [-0.2, -0.15) is 0 Å². The Labute approximate surface area is 147 Å². The Morgan fingerprint density at radius 3 is 2.54 bits per heavy atom. The second kappa shape index (κ2) is 9.87. The zero-order chi connectivity index (χ0) is 18.2. The molecule has 0 bridgehead atoms. The van der Waals surface area contributed by atoms with Crippen LogP contribution < -0.4 is 10.6 Å². The summed E-state index contributed by atoms with van der Waals surface area (Å²) in [5, 5.41) is 6.78. The maximum absolute atomic E-state index is 11.8. The lowest BCUT2D eigenvalue weighted by atomic mass is 9.64. The van der Waals surface area contributed by atoms with Crippen molar-refractivity contribution < 1.29 is 9.53 Å². The van der Waals surface area contributed by atoms with E-state index in [1.807, 2.05) is 0 Å². The molecule has 6 heteroatoms. The number of unbranched alkanes of at least 4 members (excludes halogenated alkanes) is 1. The second-order valence-electron chi connectivity index (χ2n) is 7.35. The number of nitrogens with zero attached hydrogens (tertiary/aromatic N) is 2. The van der Waals surface area contributed by atoms with Crippen LogP contribution in [-0.2, 0) is 9.53 Å². The third-order valence-electron chi connectivity index (χ3n) is 4.72. The fraction of sp³-hybridized carbons (Fsp3) is 0.889. The Morgan fingerprint density at radius 2 is 2.00 bits per heavy atom. The van der Waals surface area contributed by atoms with Crippen molar-refractivity contribution in [2.45, 2.75) is 65.5 Å². The molecule has 1 fully saturated rings. The van der Waals surface area contributed by atoms with E-state index in [2.05, 4.69) is 43.3 Å². The molecular formula is C18H36N4O2. The Bertz CT molecular complexity index is 421. The Hall–Kier alpha value is -1.30. The third kappa shape index (κ3) is 5.96. The lowest BCUT2D eigenvalue weighted by molar-refractivity contribution is -0.127. The first-order valence-electron chi connectivity index (χ1n) is 9.19. The molecule has 0 spiro atoms. The maximum atomic E-state index is 11.8. The Balaban J connectivity index is 2.57. The summed E-state index contributed by atoms with van der Waals surface area (Å²) in [6.45, 7) is 10.6. The van der Waals surface area contributed by atoms with E-state index < -0.39 is 0 Å². The summed E-state index contributed by atoms with van der Waals surface area (Å²) < 4.78 is 6.00. The van der Waals surface area contributed by atoms with Crippen LogP contribution in [0, 0.1) is 5.41 Å². The highest BCUT2D eigenvalue weighted by atomic mass is 16.5. The van der Waals surface area contributed by atoms with Gasteiger partial charge in [0.1, 0.15) is 6.54 Å². The zero-order valence-electron chi connectivity index (χ0n) is 16.3. The lowest BCUT2D eigenvalue weighted by Crippen LogP contribution is -2.63. The highest BCUT2D eigenvalue weighted by Gasteiger charge is 2.49. The lowest BCUT2D eigenvalue weighted by Gasteiger charge is -2.52. The fourth-order valence-corrected chi connectivity index (χ4v) is 2.63. The molecule has 6 nitrogen and oxygen atoms in total. The number of hydrogen-bond acceptors (Lipinski definition) is 3. The normalized spacial score (nSPS) is 22.7. The van der Waals surface area contributed by atoms with Crippen LogP contribution in [0.1, 0.15) is 53.4 Å². The van der Waals surface area contributed by atoms with Gasteiger partial charge in [0.2, 0.25) is 5.91 Å². The summed E-state index contributed by atoms with van der Waals surface area (Å²) in [6.07, 6.45) is 4.55. The van der Waals surface area contributed by atoms with E-state index in [1.165, 1.54) is 0 Å². The number of rotatable bonds is 9. The molecule has 0 saturated heterocycles. The standard InChI is InChI=1S/C18H36N4O2/c1-7-9-11-24-15-12-14(18(15,3)4)21-17(19-10-8-2)20-13-16(23)22(5)6/h14-15H,7-13H2,1-6H3,(H2,19,20,21). The molecule has 1 rings (SSSR count). The smallest absolute Gasteiger partial charge is 0.243 e. The van der Waals surface area contributed by atoms with Gasteiger partial charge < -0.3 is 20.3 Å². The number of hydrogen-bond donors (Lipinski definition) is 2. The molecule has 2 N–H and O–H groups in total. The topological polar surface area (TPSA) is 66.0 Å². The summed E-state index contributed by atoms with van der Waals surface area (Å²) in [5.74, 6) is 0.721. The van der Waals surface area contributed by atoms with E-state index in [1.54, 1.807) is 19.0 Å². The van der Waals surface area contributed by atoms with Crippen molar-refractivity contribution in [3.8, 4) is 0 Å². The van der Waals surface area contributed by atoms with Crippen molar-refractivity contribution in [3.05, 3.63) is 0 Å². The number of guanidine groups is 1. The van der Waals surface area contributed by atoms with E-state index in [9.17, 15) is 4.79 Å². The highest BCUT2D eigenvalue weighted by Crippen LogP contribution is 2.42. The molecule has 2 unspecified atom stereocenters. The number of carbonyl (C=O) groups is 1. The van der Waals surface area contributed by atoms with E-state index >= 15 is 0 Å². The summed E-state index contributed by atoms with van der Waals surface area (Å²) in [6, 6.07) is 0.307. The molecule has 1 aliphatic carbocycles. The largest absolute Gasteiger partial charge is 0.378 e. The zero-order valence-corrected chi connectivity index (χ0v) is 16.3. The van der Waals surface area contributed by atoms with Crippen molar-refractivity contribution in [1.29, 1.82) is 0 Å². The highest BCUT2D eigenvalue weighted by molar-refractivity contribution is 5.85. The Kier molecular flexibility index (Phi) is 8.53.